The summed E-state index contributed by atoms with van der Waals surface area (Å²) >= 11 is 0. The van der Waals surface area contributed by atoms with Gasteiger partial charge in [0.2, 0.25) is 0 Å². The molecule has 0 unspecified atom stereocenters. The zero-order valence-corrected chi connectivity index (χ0v) is 11.3. The molecular formula is C14H17N3O2. The van der Waals surface area contributed by atoms with E-state index < -0.39 is 11.6 Å². The molecule has 100 valence electrons. The van der Waals surface area contributed by atoms with Gasteiger partial charge in [-0.25, -0.2) is 9.48 Å². The van der Waals surface area contributed by atoms with Gasteiger partial charge in [-0.3, -0.25) is 0 Å². The summed E-state index contributed by atoms with van der Waals surface area (Å²) in [4.78, 5) is 12.0. The minimum Gasteiger partial charge on any atom is -0.456 e. The van der Waals surface area contributed by atoms with E-state index in [9.17, 15) is 4.79 Å². The van der Waals surface area contributed by atoms with E-state index in [4.69, 9.17) is 10.5 Å². The Balaban J connectivity index is 2.31. The Morgan fingerprint density at radius 2 is 1.89 bits per heavy atom. The molecule has 5 nitrogen and oxygen atoms in total. The fourth-order valence-electron chi connectivity index (χ4n) is 1.62. The van der Waals surface area contributed by atoms with Crippen molar-refractivity contribution in [1.29, 1.82) is 0 Å². The Labute approximate surface area is 112 Å². The summed E-state index contributed by atoms with van der Waals surface area (Å²) in [7, 11) is 0. The summed E-state index contributed by atoms with van der Waals surface area (Å²) in [6.45, 7) is 5.42. The molecular weight excluding hydrogens is 242 g/mol. The maximum Gasteiger partial charge on any atom is 0.344 e. The maximum atomic E-state index is 12.0. The molecule has 2 rings (SSSR count). The van der Waals surface area contributed by atoms with E-state index in [0.717, 1.165) is 5.69 Å². The smallest absolute Gasteiger partial charge is 0.344 e. The third kappa shape index (κ3) is 2.93. The molecule has 2 N–H and O–H groups in total. The monoisotopic (exact) mass is 259 g/mol. The zero-order valence-electron chi connectivity index (χ0n) is 11.3. The van der Waals surface area contributed by atoms with Gasteiger partial charge in [0, 0.05) is 0 Å². The van der Waals surface area contributed by atoms with Gasteiger partial charge in [-0.15, -0.1) is 0 Å². The fraction of sp³-hybridized carbons (Fsp3) is 0.286. The van der Waals surface area contributed by atoms with Crippen LogP contribution in [0.2, 0.25) is 0 Å². The molecule has 0 bridgehead atoms. The molecule has 19 heavy (non-hydrogen) atoms. The van der Waals surface area contributed by atoms with E-state index in [1.165, 1.54) is 10.9 Å². The van der Waals surface area contributed by atoms with Gasteiger partial charge >= 0.3 is 5.97 Å². The van der Waals surface area contributed by atoms with Crippen LogP contribution in [0.1, 0.15) is 31.1 Å². The largest absolute Gasteiger partial charge is 0.456 e. The van der Waals surface area contributed by atoms with Crippen molar-refractivity contribution in [3.8, 4) is 5.69 Å². The van der Waals surface area contributed by atoms with Crippen LogP contribution in [0.5, 0.6) is 0 Å². The van der Waals surface area contributed by atoms with Crippen LogP contribution in [0.3, 0.4) is 0 Å². The molecule has 1 aromatic carbocycles. The Morgan fingerprint density at radius 3 is 2.47 bits per heavy atom. The number of hydrogen-bond acceptors (Lipinski definition) is 4. The summed E-state index contributed by atoms with van der Waals surface area (Å²) in [6.07, 6.45) is 1.43. The van der Waals surface area contributed by atoms with E-state index in [0.29, 0.717) is 0 Å². The first kappa shape index (κ1) is 13.1. The van der Waals surface area contributed by atoms with E-state index in [1.807, 2.05) is 51.1 Å². The number of carbonyl (C=O) groups excluding carboxylic acids is 1. The Bertz CT molecular complexity index is 582. The minimum absolute atomic E-state index is 0.277. The highest BCUT2D eigenvalue weighted by molar-refractivity contribution is 5.94. The van der Waals surface area contributed by atoms with Crippen LogP contribution in [-0.2, 0) is 4.74 Å². The average Bonchev–Trinajstić information content (AvgIpc) is 2.70. The fourth-order valence-corrected chi connectivity index (χ4v) is 1.62. The highest BCUT2D eigenvalue weighted by Crippen LogP contribution is 2.20. The van der Waals surface area contributed by atoms with Gasteiger partial charge in [0.05, 0.1) is 11.9 Å². The number of esters is 1. The second kappa shape index (κ2) is 4.76. The van der Waals surface area contributed by atoms with Crippen molar-refractivity contribution >= 4 is 11.8 Å². The van der Waals surface area contributed by atoms with E-state index in [2.05, 4.69) is 5.10 Å². The van der Waals surface area contributed by atoms with E-state index in [1.54, 1.807) is 0 Å². The molecule has 0 saturated heterocycles. The van der Waals surface area contributed by atoms with Crippen LogP contribution < -0.4 is 5.73 Å². The number of rotatable bonds is 2. The summed E-state index contributed by atoms with van der Waals surface area (Å²) in [5, 5.41) is 4.13. The van der Waals surface area contributed by atoms with Crippen molar-refractivity contribution < 1.29 is 9.53 Å². The van der Waals surface area contributed by atoms with Gasteiger partial charge < -0.3 is 10.5 Å². The number of nitrogens with two attached hydrogens (primary N) is 1. The van der Waals surface area contributed by atoms with E-state index >= 15 is 0 Å². The lowest BCUT2D eigenvalue weighted by molar-refractivity contribution is 0.00708. The number of benzene rings is 1. The minimum atomic E-state index is -0.557. The Hall–Kier alpha value is -2.30. The lowest BCUT2D eigenvalue weighted by Gasteiger charge is -2.19. The Morgan fingerprint density at radius 1 is 1.26 bits per heavy atom. The molecule has 0 amide bonds. The van der Waals surface area contributed by atoms with E-state index in [-0.39, 0.29) is 11.4 Å². The standard InChI is InChI=1S/C14H17N3O2/c1-14(2,3)19-13(18)11-9-16-17(12(11)15)10-7-5-4-6-8-10/h4-9H,15H2,1-3H3. The number of hydrogen-bond donors (Lipinski definition) is 1. The maximum absolute atomic E-state index is 12.0. The lowest BCUT2D eigenvalue weighted by Crippen LogP contribution is -2.24. The van der Waals surface area contributed by atoms with Crippen LogP contribution in [0.15, 0.2) is 36.5 Å². The third-order valence-electron chi connectivity index (χ3n) is 2.43. The number of carbonyl (C=O) groups is 1. The number of ether oxygens (including phenoxy) is 1. The highest BCUT2D eigenvalue weighted by atomic mass is 16.6. The molecule has 0 spiro atoms. The van der Waals surface area contributed by atoms with Crippen LogP contribution in [-0.4, -0.2) is 21.4 Å². The number of nitrogen functional groups attached to an aromatic ring is 1. The molecule has 5 heteroatoms. The van der Waals surface area contributed by atoms with Crippen LogP contribution in [0.25, 0.3) is 5.69 Å². The van der Waals surface area contributed by atoms with Crippen molar-refractivity contribution in [3.63, 3.8) is 0 Å². The van der Waals surface area contributed by atoms with Crippen LogP contribution in [0, 0.1) is 0 Å². The van der Waals surface area contributed by atoms with Gasteiger partial charge in [-0.1, -0.05) is 18.2 Å². The van der Waals surface area contributed by atoms with Crippen LogP contribution in [0.4, 0.5) is 5.82 Å². The molecule has 0 radical (unpaired) electrons. The molecule has 0 aliphatic heterocycles. The molecule has 2 aromatic rings. The predicted molar refractivity (Wildman–Crippen MR) is 73.1 cm³/mol. The second-order valence-corrected chi connectivity index (χ2v) is 5.19. The molecule has 0 fully saturated rings. The van der Waals surface area contributed by atoms with Gasteiger partial charge in [-0.2, -0.15) is 5.10 Å². The second-order valence-electron chi connectivity index (χ2n) is 5.19. The first-order valence-corrected chi connectivity index (χ1v) is 6.01. The zero-order chi connectivity index (χ0) is 14.0. The quantitative estimate of drug-likeness (QED) is 0.841. The molecule has 0 aliphatic rings. The topological polar surface area (TPSA) is 70.1 Å². The lowest BCUT2D eigenvalue weighted by atomic mass is 10.2. The molecule has 0 atom stereocenters. The summed E-state index contributed by atoms with van der Waals surface area (Å²) in [5.41, 5.74) is 6.47. The normalized spacial score (nSPS) is 11.3. The molecule has 1 aromatic heterocycles. The van der Waals surface area contributed by atoms with Crippen LogP contribution >= 0.6 is 0 Å². The summed E-state index contributed by atoms with van der Waals surface area (Å²) in [5.74, 6) is -0.187. The highest BCUT2D eigenvalue weighted by Gasteiger charge is 2.22. The third-order valence-corrected chi connectivity index (χ3v) is 2.43. The van der Waals surface area contributed by atoms with Crippen molar-refractivity contribution in [2.45, 2.75) is 26.4 Å². The van der Waals surface area contributed by atoms with Crippen molar-refractivity contribution in [2.24, 2.45) is 0 Å². The molecule has 1 heterocycles. The summed E-state index contributed by atoms with van der Waals surface area (Å²) < 4.78 is 6.79. The van der Waals surface area contributed by atoms with Gasteiger partial charge in [0.25, 0.3) is 0 Å². The molecule has 0 aliphatic carbocycles. The Kier molecular flexibility index (Phi) is 3.29. The number of aromatic nitrogens is 2. The first-order chi connectivity index (χ1) is 8.88. The van der Waals surface area contributed by atoms with Crippen molar-refractivity contribution in [2.75, 3.05) is 5.73 Å². The van der Waals surface area contributed by atoms with Gasteiger partial charge in [0.1, 0.15) is 17.0 Å². The molecule has 0 saturated carbocycles. The summed E-state index contributed by atoms with van der Waals surface area (Å²) in [6, 6.07) is 9.38. The predicted octanol–water partition coefficient (Wildman–Crippen LogP) is 2.41. The number of anilines is 1. The number of para-hydroxylation sites is 1. The van der Waals surface area contributed by atoms with Gasteiger partial charge in [0.15, 0.2) is 0 Å². The van der Waals surface area contributed by atoms with Crippen molar-refractivity contribution in [1.82, 2.24) is 9.78 Å². The SMILES string of the molecule is CC(C)(C)OC(=O)c1cnn(-c2ccccc2)c1N. The first-order valence-electron chi connectivity index (χ1n) is 6.01. The number of nitrogens with zero attached hydrogens (tertiary/aromatic N) is 2. The average molecular weight is 259 g/mol. The van der Waals surface area contributed by atoms with Crippen molar-refractivity contribution in [3.05, 3.63) is 42.1 Å². The van der Waals surface area contributed by atoms with Gasteiger partial charge in [-0.05, 0) is 32.9 Å².